The van der Waals surface area contributed by atoms with Gasteiger partial charge in [0.1, 0.15) is 5.75 Å². The first kappa shape index (κ1) is 16.3. The number of hydrogen-bond donors (Lipinski definition) is 3. The van der Waals surface area contributed by atoms with Crippen LogP contribution in [0.5, 0.6) is 5.75 Å². The fourth-order valence-electron chi connectivity index (χ4n) is 3.52. The molecule has 0 heterocycles. The number of benzene rings is 1. The number of phenols is 1. The van der Waals surface area contributed by atoms with Crippen LogP contribution in [0.15, 0.2) is 12.1 Å². The van der Waals surface area contributed by atoms with E-state index in [0.29, 0.717) is 12.3 Å². The smallest absolute Gasteiger partial charge is 0.120 e. The molecule has 3 heteroatoms. The molecule has 1 aliphatic rings. The number of hydrogen-bond acceptors (Lipinski definition) is 3. The summed E-state index contributed by atoms with van der Waals surface area (Å²) in [6.45, 7) is 5.99. The van der Waals surface area contributed by atoms with Gasteiger partial charge < -0.3 is 15.5 Å². The molecule has 0 atom stereocenters. The van der Waals surface area contributed by atoms with Gasteiger partial charge >= 0.3 is 0 Å². The number of nitrogens with one attached hydrogen (secondary N) is 1. The monoisotopic (exact) mass is 291 g/mol. The quantitative estimate of drug-likeness (QED) is 0.752. The molecule has 1 aliphatic carbocycles. The summed E-state index contributed by atoms with van der Waals surface area (Å²) in [5.74, 6) is 0.380. The zero-order valence-electron chi connectivity index (χ0n) is 13.4. The van der Waals surface area contributed by atoms with Crippen LogP contribution in [0.25, 0.3) is 0 Å². The summed E-state index contributed by atoms with van der Waals surface area (Å²) < 4.78 is 0. The number of aliphatic hydroxyl groups excluding tert-OH is 1. The van der Waals surface area contributed by atoms with Crippen LogP contribution in [-0.4, -0.2) is 23.4 Å². The lowest BCUT2D eigenvalue weighted by molar-refractivity contribution is 0.126. The summed E-state index contributed by atoms with van der Waals surface area (Å²) in [7, 11) is 0. The zero-order valence-corrected chi connectivity index (χ0v) is 13.4. The van der Waals surface area contributed by atoms with E-state index in [1.54, 1.807) is 0 Å². The van der Waals surface area contributed by atoms with Gasteiger partial charge in [0.25, 0.3) is 0 Å². The molecule has 3 N–H and O–H groups in total. The van der Waals surface area contributed by atoms with Crippen molar-refractivity contribution in [2.75, 3.05) is 13.2 Å². The molecule has 0 radical (unpaired) electrons. The molecule has 0 saturated heterocycles. The molecule has 1 fully saturated rings. The van der Waals surface area contributed by atoms with Crippen molar-refractivity contribution in [2.45, 2.75) is 58.9 Å². The first-order valence-corrected chi connectivity index (χ1v) is 8.17. The summed E-state index contributed by atoms with van der Waals surface area (Å²) in [6.07, 6.45) is 7.18. The highest BCUT2D eigenvalue weighted by Crippen LogP contribution is 2.38. The Kier molecular flexibility index (Phi) is 5.65. The number of rotatable bonds is 6. The molecule has 118 valence electrons. The molecule has 1 aromatic carbocycles. The van der Waals surface area contributed by atoms with Crippen LogP contribution >= 0.6 is 0 Å². The lowest BCUT2D eigenvalue weighted by Crippen LogP contribution is -2.36. The summed E-state index contributed by atoms with van der Waals surface area (Å²) in [6, 6.07) is 3.91. The van der Waals surface area contributed by atoms with Gasteiger partial charge in [0.05, 0.1) is 0 Å². The SMILES string of the molecule is Cc1cc(O)c(CNCC2(CCO)CCCCC2)cc1C. The molecule has 0 spiro atoms. The van der Waals surface area contributed by atoms with E-state index in [4.69, 9.17) is 0 Å². The Hall–Kier alpha value is -1.06. The van der Waals surface area contributed by atoms with Crippen molar-refractivity contribution in [3.8, 4) is 5.75 Å². The topological polar surface area (TPSA) is 52.5 Å². The number of aryl methyl sites for hydroxylation is 2. The summed E-state index contributed by atoms with van der Waals surface area (Å²) in [4.78, 5) is 0. The van der Waals surface area contributed by atoms with E-state index in [1.165, 1.54) is 37.7 Å². The average Bonchev–Trinajstić information content (AvgIpc) is 2.46. The van der Waals surface area contributed by atoms with Gasteiger partial charge in [-0.3, -0.25) is 0 Å². The molecular formula is C18H29NO2. The Morgan fingerprint density at radius 3 is 2.43 bits per heavy atom. The Morgan fingerprint density at radius 1 is 1.10 bits per heavy atom. The molecule has 0 aliphatic heterocycles. The normalized spacial score (nSPS) is 17.9. The molecule has 21 heavy (non-hydrogen) atoms. The van der Waals surface area contributed by atoms with E-state index >= 15 is 0 Å². The Morgan fingerprint density at radius 2 is 1.76 bits per heavy atom. The van der Waals surface area contributed by atoms with Crippen LogP contribution in [0.3, 0.4) is 0 Å². The highest BCUT2D eigenvalue weighted by atomic mass is 16.3. The highest BCUT2D eigenvalue weighted by Gasteiger charge is 2.30. The van der Waals surface area contributed by atoms with Gasteiger partial charge in [-0.2, -0.15) is 0 Å². The van der Waals surface area contributed by atoms with E-state index < -0.39 is 0 Å². The number of phenolic OH excluding ortho intramolecular Hbond substituents is 1. The Bertz CT molecular complexity index is 459. The van der Waals surface area contributed by atoms with Crippen LogP contribution < -0.4 is 5.32 Å². The minimum atomic E-state index is 0.252. The predicted molar refractivity (Wildman–Crippen MR) is 86.5 cm³/mol. The first-order valence-electron chi connectivity index (χ1n) is 8.17. The Balaban J connectivity index is 1.94. The van der Waals surface area contributed by atoms with E-state index in [9.17, 15) is 10.2 Å². The van der Waals surface area contributed by atoms with Crippen LogP contribution in [0.2, 0.25) is 0 Å². The van der Waals surface area contributed by atoms with Crippen molar-refractivity contribution in [1.29, 1.82) is 0 Å². The molecule has 2 rings (SSSR count). The zero-order chi connectivity index (χ0) is 15.3. The molecule has 3 nitrogen and oxygen atoms in total. The third-order valence-corrected chi connectivity index (χ3v) is 5.07. The van der Waals surface area contributed by atoms with Crippen LogP contribution in [0.1, 0.15) is 55.2 Å². The van der Waals surface area contributed by atoms with E-state index in [-0.39, 0.29) is 12.0 Å². The van der Waals surface area contributed by atoms with Crippen LogP contribution in [0.4, 0.5) is 0 Å². The van der Waals surface area contributed by atoms with Gasteiger partial charge in [-0.1, -0.05) is 25.3 Å². The second-order valence-corrected chi connectivity index (χ2v) is 6.70. The minimum Gasteiger partial charge on any atom is -0.508 e. The molecular weight excluding hydrogens is 262 g/mol. The molecule has 0 aromatic heterocycles. The van der Waals surface area contributed by atoms with Gasteiger partial charge in [0.2, 0.25) is 0 Å². The van der Waals surface area contributed by atoms with Crippen molar-refractivity contribution >= 4 is 0 Å². The molecule has 0 unspecified atom stereocenters. The molecule has 1 aromatic rings. The minimum absolute atomic E-state index is 0.252. The van der Waals surface area contributed by atoms with Gasteiger partial charge in [0, 0.05) is 25.3 Å². The molecule has 1 saturated carbocycles. The lowest BCUT2D eigenvalue weighted by atomic mass is 9.72. The second kappa shape index (κ2) is 7.28. The predicted octanol–water partition coefficient (Wildman–Crippen LogP) is 3.43. The largest absolute Gasteiger partial charge is 0.508 e. The summed E-state index contributed by atoms with van der Waals surface area (Å²) in [5, 5.41) is 22.9. The number of aliphatic hydroxyl groups is 1. The molecule has 0 amide bonds. The van der Waals surface area contributed by atoms with Gasteiger partial charge in [-0.15, -0.1) is 0 Å². The molecule has 0 bridgehead atoms. The van der Waals surface area contributed by atoms with Crippen molar-refractivity contribution < 1.29 is 10.2 Å². The maximum Gasteiger partial charge on any atom is 0.120 e. The van der Waals surface area contributed by atoms with E-state index in [2.05, 4.69) is 18.3 Å². The maximum atomic E-state index is 10.0. The Labute approximate surface area is 128 Å². The fraction of sp³-hybridized carbons (Fsp3) is 0.667. The van der Waals surface area contributed by atoms with E-state index in [1.807, 2.05) is 13.0 Å². The second-order valence-electron chi connectivity index (χ2n) is 6.70. The van der Waals surface area contributed by atoms with E-state index in [0.717, 1.165) is 24.1 Å². The standard InChI is InChI=1S/C18H29NO2/c1-14-10-16(17(21)11-15(14)2)12-19-13-18(8-9-20)6-4-3-5-7-18/h10-11,19-21H,3-9,12-13H2,1-2H3. The van der Waals surface area contributed by atoms with Crippen LogP contribution in [-0.2, 0) is 6.54 Å². The third kappa shape index (κ3) is 4.21. The summed E-state index contributed by atoms with van der Waals surface area (Å²) in [5.41, 5.74) is 3.56. The van der Waals surface area contributed by atoms with Crippen molar-refractivity contribution in [2.24, 2.45) is 5.41 Å². The van der Waals surface area contributed by atoms with Crippen LogP contribution in [0, 0.1) is 19.3 Å². The fourth-order valence-corrected chi connectivity index (χ4v) is 3.52. The number of aromatic hydroxyl groups is 1. The van der Waals surface area contributed by atoms with Gasteiger partial charge in [-0.05, 0) is 55.7 Å². The van der Waals surface area contributed by atoms with Gasteiger partial charge in [-0.25, -0.2) is 0 Å². The average molecular weight is 291 g/mol. The van der Waals surface area contributed by atoms with Crippen molar-refractivity contribution in [3.05, 3.63) is 28.8 Å². The van der Waals surface area contributed by atoms with Crippen molar-refractivity contribution in [1.82, 2.24) is 5.32 Å². The van der Waals surface area contributed by atoms with Crippen molar-refractivity contribution in [3.63, 3.8) is 0 Å². The third-order valence-electron chi connectivity index (χ3n) is 5.07. The first-order chi connectivity index (χ1) is 10.1. The highest BCUT2D eigenvalue weighted by molar-refractivity contribution is 5.40. The van der Waals surface area contributed by atoms with Gasteiger partial charge in [0.15, 0.2) is 0 Å². The maximum absolute atomic E-state index is 10.0. The lowest BCUT2D eigenvalue weighted by Gasteiger charge is -2.37. The summed E-state index contributed by atoms with van der Waals surface area (Å²) >= 11 is 0.